The zero-order valence-electron chi connectivity index (χ0n) is 14.9. The van der Waals surface area contributed by atoms with Crippen LogP contribution in [0.2, 0.25) is 0 Å². The fourth-order valence-corrected chi connectivity index (χ4v) is 5.60. The first-order chi connectivity index (χ1) is 10.2. The molecule has 0 amide bonds. The number of aliphatic hydroxyl groups excluding tert-OH is 2. The summed E-state index contributed by atoms with van der Waals surface area (Å²) in [6.07, 6.45) is 8.03. The lowest BCUT2D eigenvalue weighted by atomic mass is 9.46. The van der Waals surface area contributed by atoms with Gasteiger partial charge >= 0.3 is 0 Å². The van der Waals surface area contributed by atoms with E-state index in [0.717, 1.165) is 32.1 Å². The van der Waals surface area contributed by atoms with Gasteiger partial charge in [-0.1, -0.05) is 44.6 Å². The summed E-state index contributed by atoms with van der Waals surface area (Å²) in [4.78, 5) is 0. The van der Waals surface area contributed by atoms with Gasteiger partial charge in [0.15, 0.2) is 0 Å². The molecule has 2 nitrogen and oxygen atoms in total. The predicted octanol–water partition coefficient (Wildman–Crippen LogP) is 4.47. The minimum absolute atomic E-state index is 0.128. The third-order valence-electron chi connectivity index (χ3n) is 6.49. The topological polar surface area (TPSA) is 40.5 Å². The minimum atomic E-state index is -0.182. The van der Waals surface area contributed by atoms with Crippen LogP contribution in [-0.2, 0) is 0 Å². The number of allylic oxidation sites excluding steroid dienone is 2. The van der Waals surface area contributed by atoms with E-state index in [1.807, 2.05) is 6.08 Å². The van der Waals surface area contributed by atoms with Gasteiger partial charge in [0.05, 0.1) is 12.7 Å². The summed E-state index contributed by atoms with van der Waals surface area (Å²) < 4.78 is 0. The first-order valence-corrected chi connectivity index (χ1v) is 8.83. The van der Waals surface area contributed by atoms with E-state index < -0.39 is 0 Å². The average Bonchev–Trinajstić information content (AvgIpc) is 2.35. The Morgan fingerprint density at radius 1 is 1.32 bits per heavy atom. The molecule has 0 radical (unpaired) electrons. The molecule has 4 atom stereocenters. The highest BCUT2D eigenvalue weighted by Gasteiger charge is 2.54. The maximum absolute atomic E-state index is 10.4. The average molecular weight is 306 g/mol. The third-order valence-corrected chi connectivity index (χ3v) is 6.49. The summed E-state index contributed by atoms with van der Waals surface area (Å²) in [6.45, 7) is 13.7. The van der Waals surface area contributed by atoms with Crippen molar-refractivity contribution in [2.45, 2.75) is 72.3 Å². The molecule has 2 saturated carbocycles. The van der Waals surface area contributed by atoms with Crippen LogP contribution in [0.5, 0.6) is 0 Å². The summed E-state index contributed by atoms with van der Waals surface area (Å²) in [6, 6.07) is 0. The predicted molar refractivity (Wildman–Crippen MR) is 92.6 cm³/mol. The Balaban J connectivity index is 2.23. The molecule has 126 valence electrons. The van der Waals surface area contributed by atoms with Crippen molar-refractivity contribution in [2.75, 3.05) is 6.61 Å². The van der Waals surface area contributed by atoms with Crippen molar-refractivity contribution in [3.63, 3.8) is 0 Å². The molecule has 0 aromatic rings. The second kappa shape index (κ2) is 6.49. The summed E-state index contributed by atoms with van der Waals surface area (Å²) in [7, 11) is 0. The molecule has 0 heterocycles. The van der Waals surface area contributed by atoms with Crippen molar-refractivity contribution in [1.29, 1.82) is 0 Å². The van der Waals surface area contributed by atoms with E-state index in [1.165, 1.54) is 17.6 Å². The lowest BCUT2D eigenvalue weighted by Crippen LogP contribution is -2.53. The quantitative estimate of drug-likeness (QED) is 0.752. The first kappa shape index (κ1) is 17.7. The minimum Gasteiger partial charge on any atom is -0.393 e. The Bertz CT molecular complexity index is 449. The van der Waals surface area contributed by atoms with Gasteiger partial charge in [0.25, 0.3) is 0 Å². The molecule has 2 N–H and O–H groups in total. The molecule has 4 unspecified atom stereocenters. The van der Waals surface area contributed by atoms with Crippen molar-refractivity contribution in [1.82, 2.24) is 0 Å². The van der Waals surface area contributed by atoms with Gasteiger partial charge in [0.1, 0.15) is 0 Å². The Morgan fingerprint density at radius 3 is 2.64 bits per heavy atom. The van der Waals surface area contributed by atoms with Crippen LogP contribution in [0.4, 0.5) is 0 Å². The van der Waals surface area contributed by atoms with Crippen LogP contribution in [-0.4, -0.2) is 22.9 Å². The standard InChI is InChI=1S/C20H34O2/c1-14(10-11-21)6-8-17-15(2)7-9-18-19(3,4)12-16(22)13-20(17,18)5/h10,16-18,21-22H,2,6-9,11-13H2,1,3-5H3. The third kappa shape index (κ3) is 3.33. The molecule has 0 aromatic heterocycles. The molecule has 0 aromatic carbocycles. The van der Waals surface area contributed by atoms with Gasteiger partial charge in [0, 0.05) is 0 Å². The molecule has 2 rings (SSSR count). The monoisotopic (exact) mass is 306 g/mol. The van der Waals surface area contributed by atoms with Gasteiger partial charge < -0.3 is 10.2 Å². The van der Waals surface area contributed by atoms with Gasteiger partial charge in [-0.3, -0.25) is 0 Å². The highest BCUT2D eigenvalue weighted by atomic mass is 16.3. The summed E-state index contributed by atoms with van der Waals surface area (Å²) in [5.41, 5.74) is 3.01. The Morgan fingerprint density at radius 2 is 2.00 bits per heavy atom. The molecule has 0 bridgehead atoms. The first-order valence-electron chi connectivity index (χ1n) is 8.83. The van der Waals surface area contributed by atoms with Gasteiger partial charge in [-0.25, -0.2) is 0 Å². The molecule has 2 fully saturated rings. The smallest absolute Gasteiger partial charge is 0.0614 e. The van der Waals surface area contributed by atoms with Gasteiger partial charge in [-0.2, -0.15) is 0 Å². The Hall–Kier alpha value is -0.600. The molecule has 0 aliphatic heterocycles. The molecule has 2 heteroatoms. The summed E-state index contributed by atoms with van der Waals surface area (Å²) in [5.74, 6) is 1.16. The van der Waals surface area contributed by atoms with E-state index in [9.17, 15) is 5.11 Å². The molecule has 2 aliphatic carbocycles. The van der Waals surface area contributed by atoms with Crippen LogP contribution < -0.4 is 0 Å². The lowest BCUT2D eigenvalue weighted by molar-refractivity contribution is -0.105. The Labute approximate surface area is 136 Å². The largest absolute Gasteiger partial charge is 0.393 e. The molecule has 2 aliphatic rings. The number of hydrogen-bond donors (Lipinski definition) is 2. The number of rotatable bonds is 4. The van der Waals surface area contributed by atoms with Crippen LogP contribution in [0.25, 0.3) is 0 Å². The maximum Gasteiger partial charge on any atom is 0.0614 e. The van der Waals surface area contributed by atoms with Crippen LogP contribution in [0.1, 0.15) is 66.2 Å². The van der Waals surface area contributed by atoms with E-state index >= 15 is 0 Å². The molecule has 0 saturated heterocycles. The molecular formula is C20H34O2. The maximum atomic E-state index is 10.4. The number of hydrogen-bond acceptors (Lipinski definition) is 2. The fourth-order valence-electron chi connectivity index (χ4n) is 5.60. The summed E-state index contributed by atoms with van der Waals surface area (Å²) >= 11 is 0. The Kier molecular flexibility index (Phi) is 5.23. The van der Waals surface area contributed by atoms with E-state index in [2.05, 4.69) is 34.3 Å². The zero-order valence-corrected chi connectivity index (χ0v) is 14.9. The van der Waals surface area contributed by atoms with Crippen LogP contribution in [0.3, 0.4) is 0 Å². The van der Waals surface area contributed by atoms with Gasteiger partial charge in [-0.15, -0.1) is 0 Å². The van der Waals surface area contributed by atoms with E-state index in [1.54, 1.807) is 0 Å². The second-order valence-electron chi connectivity index (χ2n) is 8.63. The molecule has 22 heavy (non-hydrogen) atoms. The molecular weight excluding hydrogens is 272 g/mol. The van der Waals surface area contributed by atoms with Crippen molar-refractivity contribution in [3.05, 3.63) is 23.8 Å². The SMILES string of the molecule is C=C1CCC2C(C)(C)CC(O)CC2(C)C1CCC(C)=CCO. The van der Waals surface area contributed by atoms with E-state index in [4.69, 9.17) is 5.11 Å². The summed E-state index contributed by atoms with van der Waals surface area (Å²) in [5, 5.41) is 19.5. The van der Waals surface area contributed by atoms with Gasteiger partial charge in [0.2, 0.25) is 0 Å². The number of aliphatic hydroxyl groups is 2. The second-order valence-corrected chi connectivity index (χ2v) is 8.63. The van der Waals surface area contributed by atoms with Crippen molar-refractivity contribution < 1.29 is 10.2 Å². The van der Waals surface area contributed by atoms with E-state index in [0.29, 0.717) is 11.8 Å². The van der Waals surface area contributed by atoms with Gasteiger partial charge in [-0.05, 0) is 68.1 Å². The van der Waals surface area contributed by atoms with Crippen LogP contribution in [0.15, 0.2) is 23.8 Å². The highest BCUT2D eigenvalue weighted by Crippen LogP contribution is 2.61. The van der Waals surface area contributed by atoms with Crippen molar-refractivity contribution >= 4 is 0 Å². The van der Waals surface area contributed by atoms with Crippen molar-refractivity contribution in [3.8, 4) is 0 Å². The lowest BCUT2D eigenvalue weighted by Gasteiger charge is -2.59. The highest BCUT2D eigenvalue weighted by molar-refractivity contribution is 5.17. The van der Waals surface area contributed by atoms with Crippen molar-refractivity contribution in [2.24, 2.45) is 22.7 Å². The van der Waals surface area contributed by atoms with Crippen LogP contribution in [0, 0.1) is 22.7 Å². The van der Waals surface area contributed by atoms with E-state index in [-0.39, 0.29) is 23.5 Å². The normalized spacial score (nSPS) is 38.7. The van der Waals surface area contributed by atoms with Crippen LogP contribution >= 0.6 is 0 Å². The fraction of sp³-hybridized carbons (Fsp3) is 0.800. The zero-order chi connectivity index (χ0) is 16.5. The molecule has 0 spiro atoms. The number of fused-ring (bicyclic) bond motifs is 1.